The van der Waals surface area contributed by atoms with Crippen molar-refractivity contribution in [1.29, 1.82) is 0 Å². The van der Waals surface area contributed by atoms with Crippen molar-refractivity contribution < 1.29 is 14.3 Å². The Kier molecular flexibility index (Phi) is 3.66. The Morgan fingerprint density at radius 3 is 2.62 bits per heavy atom. The minimum atomic E-state index is -0.590. The van der Waals surface area contributed by atoms with Crippen molar-refractivity contribution in [2.24, 2.45) is 5.73 Å². The summed E-state index contributed by atoms with van der Waals surface area (Å²) < 4.78 is 4.59. The van der Waals surface area contributed by atoms with Gasteiger partial charge < -0.3 is 16.2 Å². The normalized spacial score (nSPS) is 10.3. The number of carbonyl (C=O) groups is 2. The fourth-order valence-electron chi connectivity index (χ4n) is 1.18. The zero-order valence-electron chi connectivity index (χ0n) is 8.77. The maximum Gasteiger partial charge on any atom is 0.338 e. The van der Waals surface area contributed by atoms with Crippen molar-refractivity contribution in [2.75, 3.05) is 12.8 Å². The molecule has 0 heterocycles. The van der Waals surface area contributed by atoms with Crippen LogP contribution in [0.3, 0.4) is 0 Å². The van der Waals surface area contributed by atoms with Crippen molar-refractivity contribution in [3.8, 4) is 0 Å². The highest BCUT2D eigenvalue weighted by Gasteiger charge is 2.10. The molecule has 1 aromatic carbocycles. The van der Waals surface area contributed by atoms with E-state index in [2.05, 4.69) is 4.74 Å². The van der Waals surface area contributed by atoms with Crippen molar-refractivity contribution in [3.63, 3.8) is 0 Å². The molecule has 0 aliphatic carbocycles. The van der Waals surface area contributed by atoms with Gasteiger partial charge in [0, 0.05) is 11.8 Å². The highest BCUT2D eigenvalue weighted by molar-refractivity contribution is 5.97. The standard InChI is InChI=1S/C11H12N2O3/c1-16-11(15)9-6-8(12)4-2-7(9)3-5-10(13)14/h2-6H,12H2,1H3,(H2,13,14). The molecule has 0 saturated heterocycles. The number of amides is 1. The van der Waals surface area contributed by atoms with E-state index in [1.807, 2.05) is 0 Å². The van der Waals surface area contributed by atoms with E-state index >= 15 is 0 Å². The van der Waals surface area contributed by atoms with Crippen molar-refractivity contribution in [2.45, 2.75) is 0 Å². The van der Waals surface area contributed by atoms with Crippen LogP contribution in [-0.2, 0) is 9.53 Å². The largest absolute Gasteiger partial charge is 0.465 e. The zero-order chi connectivity index (χ0) is 12.1. The van der Waals surface area contributed by atoms with Gasteiger partial charge in [0.1, 0.15) is 0 Å². The van der Waals surface area contributed by atoms with Crippen LogP contribution in [-0.4, -0.2) is 19.0 Å². The van der Waals surface area contributed by atoms with Gasteiger partial charge in [0.2, 0.25) is 5.91 Å². The highest BCUT2D eigenvalue weighted by Crippen LogP contribution is 2.16. The Balaban J connectivity index is 3.17. The van der Waals surface area contributed by atoms with Gasteiger partial charge in [0.05, 0.1) is 12.7 Å². The predicted molar refractivity (Wildman–Crippen MR) is 60.4 cm³/mol. The number of anilines is 1. The molecule has 0 spiro atoms. The number of benzene rings is 1. The van der Waals surface area contributed by atoms with Gasteiger partial charge in [-0.1, -0.05) is 6.07 Å². The van der Waals surface area contributed by atoms with Crippen LogP contribution >= 0.6 is 0 Å². The number of hydrogen-bond donors (Lipinski definition) is 2. The van der Waals surface area contributed by atoms with Crippen LogP contribution in [0.25, 0.3) is 6.08 Å². The number of nitrogens with two attached hydrogens (primary N) is 2. The van der Waals surface area contributed by atoms with E-state index in [0.717, 1.165) is 6.08 Å². The Morgan fingerprint density at radius 2 is 2.06 bits per heavy atom. The number of primary amides is 1. The Morgan fingerprint density at radius 1 is 1.38 bits per heavy atom. The van der Waals surface area contributed by atoms with Crippen LogP contribution in [0, 0.1) is 0 Å². The van der Waals surface area contributed by atoms with E-state index in [9.17, 15) is 9.59 Å². The van der Waals surface area contributed by atoms with Crippen LogP contribution < -0.4 is 11.5 Å². The smallest absolute Gasteiger partial charge is 0.338 e. The summed E-state index contributed by atoms with van der Waals surface area (Å²) in [6, 6.07) is 4.71. The summed E-state index contributed by atoms with van der Waals surface area (Å²) in [5, 5.41) is 0. The summed E-state index contributed by atoms with van der Waals surface area (Å²) in [6.07, 6.45) is 2.60. The quantitative estimate of drug-likeness (QED) is 0.442. The molecule has 0 atom stereocenters. The number of carbonyl (C=O) groups excluding carboxylic acids is 2. The minimum absolute atomic E-state index is 0.292. The van der Waals surface area contributed by atoms with Gasteiger partial charge in [0.25, 0.3) is 0 Å². The molecule has 0 aliphatic heterocycles. The first kappa shape index (κ1) is 11.8. The third-order valence-corrected chi connectivity index (χ3v) is 1.91. The molecular weight excluding hydrogens is 208 g/mol. The molecule has 1 aromatic rings. The molecule has 16 heavy (non-hydrogen) atoms. The predicted octanol–water partition coefficient (Wildman–Crippen LogP) is 0.554. The van der Waals surface area contributed by atoms with Gasteiger partial charge in [-0.05, 0) is 23.8 Å². The maximum atomic E-state index is 11.4. The first-order valence-electron chi connectivity index (χ1n) is 4.50. The lowest BCUT2D eigenvalue weighted by Crippen LogP contribution is -2.07. The van der Waals surface area contributed by atoms with Crippen molar-refractivity contribution in [3.05, 3.63) is 35.4 Å². The SMILES string of the molecule is COC(=O)c1cc(N)ccc1C=CC(N)=O. The van der Waals surface area contributed by atoms with Crippen LogP contribution in [0.15, 0.2) is 24.3 Å². The van der Waals surface area contributed by atoms with Crippen LogP contribution in [0.2, 0.25) is 0 Å². The van der Waals surface area contributed by atoms with E-state index in [1.54, 1.807) is 12.1 Å². The summed E-state index contributed by atoms with van der Waals surface area (Å²) in [7, 11) is 1.27. The maximum absolute atomic E-state index is 11.4. The second kappa shape index (κ2) is 4.97. The molecule has 1 rings (SSSR count). The Bertz CT molecular complexity index is 453. The number of esters is 1. The minimum Gasteiger partial charge on any atom is -0.465 e. The lowest BCUT2D eigenvalue weighted by Gasteiger charge is -2.04. The lowest BCUT2D eigenvalue weighted by atomic mass is 10.1. The number of methoxy groups -OCH3 is 1. The average Bonchev–Trinajstić information content (AvgIpc) is 2.26. The topological polar surface area (TPSA) is 95.4 Å². The molecular formula is C11H12N2O3. The van der Waals surface area contributed by atoms with Gasteiger partial charge in [-0.2, -0.15) is 0 Å². The molecule has 0 radical (unpaired) electrons. The number of hydrogen-bond acceptors (Lipinski definition) is 4. The monoisotopic (exact) mass is 220 g/mol. The molecule has 0 bridgehead atoms. The van der Waals surface area contributed by atoms with Gasteiger partial charge in [-0.15, -0.1) is 0 Å². The van der Waals surface area contributed by atoms with Gasteiger partial charge in [-0.3, -0.25) is 4.79 Å². The van der Waals surface area contributed by atoms with Crippen LogP contribution in [0.4, 0.5) is 5.69 Å². The third-order valence-electron chi connectivity index (χ3n) is 1.91. The molecule has 5 heteroatoms. The molecule has 0 aromatic heterocycles. The summed E-state index contributed by atoms with van der Waals surface area (Å²) in [5.41, 5.74) is 11.8. The van der Waals surface area contributed by atoms with Gasteiger partial charge in [-0.25, -0.2) is 4.79 Å². The van der Waals surface area contributed by atoms with Gasteiger partial charge in [0.15, 0.2) is 0 Å². The third kappa shape index (κ3) is 2.84. The molecule has 0 unspecified atom stereocenters. The van der Waals surface area contributed by atoms with Gasteiger partial charge >= 0.3 is 5.97 Å². The van der Waals surface area contributed by atoms with Crippen LogP contribution in [0.5, 0.6) is 0 Å². The molecule has 4 N–H and O–H groups in total. The van der Waals surface area contributed by atoms with Crippen molar-refractivity contribution in [1.82, 2.24) is 0 Å². The molecule has 5 nitrogen and oxygen atoms in total. The molecule has 0 aliphatic rings. The second-order valence-electron chi connectivity index (χ2n) is 3.07. The van der Waals surface area contributed by atoms with E-state index in [1.165, 1.54) is 19.3 Å². The average molecular weight is 220 g/mol. The molecule has 0 saturated carbocycles. The number of rotatable bonds is 3. The Hall–Kier alpha value is -2.30. The van der Waals surface area contributed by atoms with E-state index in [-0.39, 0.29) is 0 Å². The first-order chi connectivity index (χ1) is 7.54. The fraction of sp³-hybridized carbons (Fsp3) is 0.0909. The van der Waals surface area contributed by atoms with E-state index in [4.69, 9.17) is 11.5 Å². The first-order valence-corrected chi connectivity index (χ1v) is 4.50. The highest BCUT2D eigenvalue weighted by atomic mass is 16.5. The van der Waals surface area contributed by atoms with Crippen LogP contribution in [0.1, 0.15) is 15.9 Å². The van der Waals surface area contributed by atoms with E-state index < -0.39 is 11.9 Å². The molecule has 0 fully saturated rings. The number of ether oxygens (including phenoxy) is 1. The molecule has 84 valence electrons. The fourth-order valence-corrected chi connectivity index (χ4v) is 1.18. The zero-order valence-corrected chi connectivity index (χ0v) is 8.77. The number of nitrogen functional groups attached to an aromatic ring is 1. The lowest BCUT2D eigenvalue weighted by molar-refractivity contribution is -0.113. The van der Waals surface area contributed by atoms with E-state index in [0.29, 0.717) is 16.8 Å². The second-order valence-corrected chi connectivity index (χ2v) is 3.07. The summed E-state index contributed by atoms with van der Waals surface area (Å²) in [6.45, 7) is 0. The van der Waals surface area contributed by atoms with Crippen molar-refractivity contribution >= 4 is 23.6 Å². The summed E-state index contributed by atoms with van der Waals surface area (Å²) >= 11 is 0. The molecule has 1 amide bonds. The summed E-state index contributed by atoms with van der Waals surface area (Å²) in [5.74, 6) is -1.11. The Labute approximate surface area is 92.7 Å². The summed E-state index contributed by atoms with van der Waals surface area (Å²) in [4.78, 5) is 22.0.